The van der Waals surface area contributed by atoms with Gasteiger partial charge in [0.25, 0.3) is 5.91 Å². The predicted molar refractivity (Wildman–Crippen MR) is 95.7 cm³/mol. The quantitative estimate of drug-likeness (QED) is 0.510. The molecule has 0 aliphatic heterocycles. The molecule has 0 saturated heterocycles. The Morgan fingerprint density at radius 1 is 0.870 bits per heavy atom. The molecule has 23 heavy (non-hydrogen) atoms. The zero-order valence-electron chi connectivity index (χ0n) is 13.5. The number of rotatable bonds is 12. The van der Waals surface area contributed by atoms with Crippen LogP contribution < -0.4 is 5.32 Å². The summed E-state index contributed by atoms with van der Waals surface area (Å²) in [5.41, 5.74) is 0.689. The summed E-state index contributed by atoms with van der Waals surface area (Å²) in [7, 11) is 0. The van der Waals surface area contributed by atoms with Gasteiger partial charge in [0.2, 0.25) is 0 Å². The first kappa shape index (κ1) is 19.7. The van der Waals surface area contributed by atoms with Crippen molar-refractivity contribution >= 4 is 27.8 Å². The minimum atomic E-state index is -0.699. The smallest absolute Gasteiger partial charge is 0.303 e. The van der Waals surface area contributed by atoms with E-state index in [9.17, 15) is 9.59 Å². The Kier molecular flexibility index (Phi) is 10.4. The maximum Gasteiger partial charge on any atom is 0.303 e. The molecule has 0 heterocycles. The molecule has 0 saturated carbocycles. The molecule has 0 bridgehead atoms. The topological polar surface area (TPSA) is 66.4 Å². The number of carboxylic acid groups (broad SMARTS) is 1. The van der Waals surface area contributed by atoms with Crippen LogP contribution in [0.2, 0.25) is 0 Å². The van der Waals surface area contributed by atoms with Gasteiger partial charge in [0.15, 0.2) is 0 Å². The van der Waals surface area contributed by atoms with Crippen LogP contribution in [0.4, 0.5) is 0 Å². The molecule has 2 N–H and O–H groups in total. The molecule has 1 rings (SSSR count). The van der Waals surface area contributed by atoms with E-state index in [1.54, 1.807) is 0 Å². The number of carbonyl (C=O) groups is 2. The molecule has 0 radical (unpaired) electrons. The van der Waals surface area contributed by atoms with E-state index in [-0.39, 0.29) is 12.3 Å². The minimum Gasteiger partial charge on any atom is -0.481 e. The van der Waals surface area contributed by atoms with E-state index >= 15 is 0 Å². The molecule has 0 spiro atoms. The zero-order valence-corrected chi connectivity index (χ0v) is 15.1. The van der Waals surface area contributed by atoms with Crippen molar-refractivity contribution < 1.29 is 14.7 Å². The standard InChI is InChI=1S/C18H26BrNO3/c19-16-12-10-15(11-13-16)18(23)20-14-8-6-4-2-1-3-5-7-9-17(21)22/h10-13H,1-9,14H2,(H,20,23)(H,21,22). The molecule has 128 valence electrons. The first-order chi connectivity index (χ1) is 11.1. The highest BCUT2D eigenvalue weighted by atomic mass is 79.9. The second kappa shape index (κ2) is 12.1. The monoisotopic (exact) mass is 383 g/mol. The third kappa shape index (κ3) is 10.1. The SMILES string of the molecule is O=C(O)CCCCCCCCCCNC(=O)c1ccc(Br)cc1. The molecule has 0 aliphatic rings. The average molecular weight is 384 g/mol. The molecule has 5 heteroatoms. The Hall–Kier alpha value is -1.36. The molecule has 0 aliphatic carbocycles. The highest BCUT2D eigenvalue weighted by Crippen LogP contribution is 2.11. The van der Waals surface area contributed by atoms with Crippen LogP contribution in [0.3, 0.4) is 0 Å². The van der Waals surface area contributed by atoms with Crippen molar-refractivity contribution in [2.75, 3.05) is 6.54 Å². The van der Waals surface area contributed by atoms with Crippen LogP contribution in [0.15, 0.2) is 28.7 Å². The Bertz CT molecular complexity index is 474. The maximum absolute atomic E-state index is 11.9. The summed E-state index contributed by atoms with van der Waals surface area (Å²) < 4.78 is 0.969. The molecular weight excluding hydrogens is 358 g/mol. The fraction of sp³-hybridized carbons (Fsp3) is 0.556. The van der Waals surface area contributed by atoms with Crippen LogP contribution in [0.1, 0.15) is 68.1 Å². The molecule has 1 aromatic carbocycles. The van der Waals surface area contributed by atoms with Gasteiger partial charge < -0.3 is 10.4 Å². The first-order valence-corrected chi connectivity index (χ1v) is 9.14. The van der Waals surface area contributed by atoms with Gasteiger partial charge in [0, 0.05) is 23.0 Å². The van der Waals surface area contributed by atoms with Crippen LogP contribution in [0, 0.1) is 0 Å². The number of carbonyl (C=O) groups excluding carboxylic acids is 1. The van der Waals surface area contributed by atoms with Gasteiger partial charge in [-0.3, -0.25) is 9.59 Å². The maximum atomic E-state index is 11.9. The lowest BCUT2D eigenvalue weighted by molar-refractivity contribution is -0.137. The lowest BCUT2D eigenvalue weighted by Gasteiger charge is -2.05. The molecule has 0 aromatic heterocycles. The highest BCUT2D eigenvalue weighted by molar-refractivity contribution is 9.10. The van der Waals surface area contributed by atoms with E-state index in [1.165, 1.54) is 19.3 Å². The van der Waals surface area contributed by atoms with E-state index in [1.807, 2.05) is 24.3 Å². The number of halogens is 1. The van der Waals surface area contributed by atoms with Crippen molar-refractivity contribution in [1.82, 2.24) is 5.32 Å². The predicted octanol–water partition coefficient (Wildman–Crippen LogP) is 4.77. The molecule has 0 fully saturated rings. The number of carboxylic acids is 1. The van der Waals surface area contributed by atoms with E-state index in [4.69, 9.17) is 5.11 Å². The van der Waals surface area contributed by atoms with Gasteiger partial charge in [0.05, 0.1) is 0 Å². The van der Waals surface area contributed by atoms with Crippen molar-refractivity contribution in [2.45, 2.75) is 57.8 Å². The molecule has 1 aromatic rings. The lowest BCUT2D eigenvalue weighted by Crippen LogP contribution is -2.24. The number of hydrogen-bond acceptors (Lipinski definition) is 2. The summed E-state index contributed by atoms with van der Waals surface area (Å²) in [5, 5.41) is 11.5. The van der Waals surface area contributed by atoms with Crippen molar-refractivity contribution in [3.05, 3.63) is 34.3 Å². The normalized spacial score (nSPS) is 10.5. The van der Waals surface area contributed by atoms with Crippen LogP contribution in [-0.4, -0.2) is 23.5 Å². The van der Waals surface area contributed by atoms with Crippen LogP contribution in [0.25, 0.3) is 0 Å². The molecule has 0 unspecified atom stereocenters. The summed E-state index contributed by atoms with van der Waals surface area (Å²) in [6.07, 6.45) is 8.86. The number of benzene rings is 1. The average Bonchev–Trinajstić information content (AvgIpc) is 2.52. The van der Waals surface area contributed by atoms with E-state index in [2.05, 4.69) is 21.2 Å². The van der Waals surface area contributed by atoms with Gasteiger partial charge in [0.1, 0.15) is 0 Å². The second-order valence-corrected chi connectivity index (χ2v) is 6.65. The summed E-state index contributed by atoms with van der Waals surface area (Å²) in [6, 6.07) is 7.35. The Morgan fingerprint density at radius 2 is 1.39 bits per heavy atom. The summed E-state index contributed by atoms with van der Waals surface area (Å²) in [4.78, 5) is 22.2. The number of hydrogen-bond donors (Lipinski definition) is 2. The highest BCUT2D eigenvalue weighted by Gasteiger charge is 2.03. The van der Waals surface area contributed by atoms with E-state index in [0.29, 0.717) is 12.1 Å². The fourth-order valence-corrected chi connectivity index (χ4v) is 2.63. The molecular formula is C18H26BrNO3. The van der Waals surface area contributed by atoms with Crippen molar-refractivity contribution in [3.8, 4) is 0 Å². The van der Waals surface area contributed by atoms with Crippen LogP contribution in [-0.2, 0) is 4.79 Å². The number of amides is 1. The Balaban J connectivity index is 1.92. The van der Waals surface area contributed by atoms with Gasteiger partial charge in [-0.05, 0) is 37.1 Å². The largest absolute Gasteiger partial charge is 0.481 e. The first-order valence-electron chi connectivity index (χ1n) is 8.35. The van der Waals surface area contributed by atoms with Crippen LogP contribution in [0.5, 0.6) is 0 Å². The van der Waals surface area contributed by atoms with Gasteiger partial charge >= 0.3 is 5.97 Å². The fourth-order valence-electron chi connectivity index (χ4n) is 2.37. The Morgan fingerprint density at radius 3 is 1.96 bits per heavy atom. The Labute approximate surface area is 146 Å². The minimum absolute atomic E-state index is 0.0177. The summed E-state index contributed by atoms with van der Waals surface area (Å²) in [5.74, 6) is -0.717. The number of nitrogens with one attached hydrogen (secondary N) is 1. The third-order valence-electron chi connectivity index (χ3n) is 3.71. The molecule has 4 nitrogen and oxygen atoms in total. The molecule has 0 atom stereocenters. The van der Waals surface area contributed by atoms with Gasteiger partial charge in [-0.2, -0.15) is 0 Å². The van der Waals surface area contributed by atoms with Crippen molar-refractivity contribution in [1.29, 1.82) is 0 Å². The van der Waals surface area contributed by atoms with E-state index in [0.717, 1.165) is 36.6 Å². The second-order valence-electron chi connectivity index (χ2n) is 5.73. The van der Waals surface area contributed by atoms with Crippen molar-refractivity contribution in [3.63, 3.8) is 0 Å². The number of unbranched alkanes of at least 4 members (excludes halogenated alkanes) is 7. The molecule has 1 amide bonds. The third-order valence-corrected chi connectivity index (χ3v) is 4.24. The van der Waals surface area contributed by atoms with Crippen molar-refractivity contribution in [2.24, 2.45) is 0 Å². The van der Waals surface area contributed by atoms with Gasteiger partial charge in [-0.25, -0.2) is 0 Å². The van der Waals surface area contributed by atoms with Crippen LogP contribution >= 0.6 is 15.9 Å². The van der Waals surface area contributed by atoms with Gasteiger partial charge in [-0.1, -0.05) is 54.5 Å². The van der Waals surface area contributed by atoms with E-state index < -0.39 is 5.97 Å². The lowest BCUT2D eigenvalue weighted by atomic mass is 10.1. The zero-order chi connectivity index (χ0) is 16.9. The van der Waals surface area contributed by atoms with Gasteiger partial charge in [-0.15, -0.1) is 0 Å². The summed E-state index contributed by atoms with van der Waals surface area (Å²) in [6.45, 7) is 0.716. The summed E-state index contributed by atoms with van der Waals surface area (Å²) >= 11 is 3.35. The number of aliphatic carboxylic acids is 1.